The predicted molar refractivity (Wildman–Crippen MR) is 68.0 cm³/mol. The van der Waals surface area contributed by atoms with E-state index in [0.717, 1.165) is 12.5 Å². The smallest absolute Gasteiger partial charge is 0.328 e. The standard InChI is InChI=1S/C14H17FO3/c1-3-10(2)9-18-13-7-11(4-5-14(16)17)6-12(15)8-13/h4-8,10H,3,9H2,1-2H3,(H,16,17)/b5-4+. The minimum atomic E-state index is -1.07. The highest BCUT2D eigenvalue weighted by Gasteiger charge is 2.03. The summed E-state index contributed by atoms with van der Waals surface area (Å²) in [4.78, 5) is 10.4. The molecule has 0 aromatic heterocycles. The molecule has 0 heterocycles. The molecule has 0 saturated carbocycles. The number of hydrogen-bond acceptors (Lipinski definition) is 2. The Balaban J connectivity index is 2.77. The topological polar surface area (TPSA) is 46.5 Å². The quantitative estimate of drug-likeness (QED) is 0.790. The number of hydrogen-bond donors (Lipinski definition) is 1. The Bertz CT molecular complexity index is 441. The van der Waals surface area contributed by atoms with E-state index in [0.29, 0.717) is 23.8 Å². The SMILES string of the molecule is CCC(C)COc1cc(F)cc(/C=C/C(=O)O)c1. The third-order valence-electron chi connectivity index (χ3n) is 2.54. The van der Waals surface area contributed by atoms with E-state index in [1.807, 2.05) is 6.92 Å². The minimum absolute atomic E-state index is 0.395. The summed E-state index contributed by atoms with van der Waals surface area (Å²) in [7, 11) is 0. The lowest BCUT2D eigenvalue weighted by Crippen LogP contribution is -2.07. The van der Waals surface area contributed by atoms with Gasteiger partial charge in [-0.2, -0.15) is 0 Å². The Morgan fingerprint density at radius 2 is 2.22 bits per heavy atom. The van der Waals surface area contributed by atoms with Gasteiger partial charge < -0.3 is 9.84 Å². The third kappa shape index (κ3) is 4.99. The first kappa shape index (κ1) is 14.2. The van der Waals surface area contributed by atoms with Gasteiger partial charge in [0.1, 0.15) is 11.6 Å². The van der Waals surface area contributed by atoms with E-state index in [4.69, 9.17) is 9.84 Å². The van der Waals surface area contributed by atoms with Gasteiger partial charge in [0.15, 0.2) is 0 Å². The first-order chi connectivity index (χ1) is 8.51. The lowest BCUT2D eigenvalue weighted by Gasteiger charge is -2.11. The fourth-order valence-electron chi connectivity index (χ4n) is 1.29. The van der Waals surface area contributed by atoms with Crippen molar-refractivity contribution in [2.24, 2.45) is 5.92 Å². The zero-order valence-corrected chi connectivity index (χ0v) is 10.5. The summed E-state index contributed by atoms with van der Waals surface area (Å²) in [6, 6.07) is 4.17. The zero-order valence-electron chi connectivity index (χ0n) is 10.5. The van der Waals surface area contributed by atoms with Crippen LogP contribution < -0.4 is 4.74 Å². The lowest BCUT2D eigenvalue weighted by atomic mass is 10.1. The number of carboxylic acids is 1. The van der Waals surface area contributed by atoms with E-state index in [1.54, 1.807) is 6.07 Å². The van der Waals surface area contributed by atoms with Crippen molar-refractivity contribution in [3.63, 3.8) is 0 Å². The molecule has 0 aliphatic rings. The fraction of sp³-hybridized carbons (Fsp3) is 0.357. The summed E-state index contributed by atoms with van der Waals surface area (Å²) in [5.74, 6) is -0.699. The van der Waals surface area contributed by atoms with Gasteiger partial charge in [-0.15, -0.1) is 0 Å². The van der Waals surface area contributed by atoms with Gasteiger partial charge in [-0.1, -0.05) is 20.3 Å². The Hall–Kier alpha value is -1.84. The Morgan fingerprint density at radius 1 is 1.50 bits per heavy atom. The second-order valence-electron chi connectivity index (χ2n) is 4.22. The lowest BCUT2D eigenvalue weighted by molar-refractivity contribution is -0.131. The van der Waals surface area contributed by atoms with Gasteiger partial charge in [0.05, 0.1) is 6.61 Å². The van der Waals surface area contributed by atoms with Crippen LogP contribution in [-0.4, -0.2) is 17.7 Å². The molecule has 0 amide bonds. The van der Waals surface area contributed by atoms with Crippen molar-refractivity contribution < 1.29 is 19.0 Å². The summed E-state index contributed by atoms with van der Waals surface area (Å²) in [6.45, 7) is 4.62. The molecule has 0 saturated heterocycles. The molecular formula is C14H17FO3. The number of aliphatic carboxylic acids is 1. The first-order valence-electron chi connectivity index (χ1n) is 5.85. The number of ether oxygens (including phenoxy) is 1. The molecule has 4 heteroatoms. The Morgan fingerprint density at radius 3 is 2.83 bits per heavy atom. The van der Waals surface area contributed by atoms with Crippen LogP contribution in [0, 0.1) is 11.7 Å². The van der Waals surface area contributed by atoms with E-state index in [-0.39, 0.29) is 0 Å². The van der Waals surface area contributed by atoms with Crippen molar-refractivity contribution in [2.75, 3.05) is 6.61 Å². The normalized spacial score (nSPS) is 12.6. The maximum absolute atomic E-state index is 13.3. The largest absolute Gasteiger partial charge is 0.493 e. The van der Waals surface area contributed by atoms with E-state index in [9.17, 15) is 9.18 Å². The molecule has 1 rings (SSSR count). The summed E-state index contributed by atoms with van der Waals surface area (Å²) < 4.78 is 18.8. The fourth-order valence-corrected chi connectivity index (χ4v) is 1.29. The van der Waals surface area contributed by atoms with Gasteiger partial charge in [-0.05, 0) is 29.7 Å². The monoisotopic (exact) mass is 252 g/mol. The highest BCUT2D eigenvalue weighted by Crippen LogP contribution is 2.18. The van der Waals surface area contributed by atoms with Gasteiger partial charge in [0, 0.05) is 12.1 Å². The van der Waals surface area contributed by atoms with E-state index in [1.165, 1.54) is 18.2 Å². The molecule has 0 radical (unpaired) electrons. The molecule has 0 bridgehead atoms. The van der Waals surface area contributed by atoms with Gasteiger partial charge in [-0.3, -0.25) is 0 Å². The Kier molecular flexibility index (Phi) is 5.36. The molecule has 1 unspecified atom stereocenters. The number of benzene rings is 1. The summed E-state index contributed by atoms with van der Waals surface area (Å²) in [5, 5.41) is 8.51. The summed E-state index contributed by atoms with van der Waals surface area (Å²) >= 11 is 0. The van der Waals surface area contributed by atoms with Crippen LogP contribution in [-0.2, 0) is 4.79 Å². The van der Waals surface area contributed by atoms with E-state index in [2.05, 4.69) is 6.92 Å². The molecule has 18 heavy (non-hydrogen) atoms. The van der Waals surface area contributed by atoms with E-state index >= 15 is 0 Å². The average molecular weight is 252 g/mol. The third-order valence-corrected chi connectivity index (χ3v) is 2.54. The van der Waals surface area contributed by atoms with Gasteiger partial charge in [0.2, 0.25) is 0 Å². The molecule has 98 valence electrons. The highest BCUT2D eigenvalue weighted by molar-refractivity contribution is 5.85. The second-order valence-corrected chi connectivity index (χ2v) is 4.22. The van der Waals surface area contributed by atoms with E-state index < -0.39 is 11.8 Å². The average Bonchev–Trinajstić information content (AvgIpc) is 2.33. The van der Waals surface area contributed by atoms with Crippen molar-refractivity contribution in [1.82, 2.24) is 0 Å². The maximum Gasteiger partial charge on any atom is 0.328 e. The first-order valence-corrected chi connectivity index (χ1v) is 5.85. The van der Waals surface area contributed by atoms with Crippen molar-refractivity contribution >= 4 is 12.0 Å². The van der Waals surface area contributed by atoms with Gasteiger partial charge in [0.25, 0.3) is 0 Å². The van der Waals surface area contributed by atoms with Crippen LogP contribution in [0.3, 0.4) is 0 Å². The van der Waals surface area contributed by atoms with Crippen molar-refractivity contribution in [3.05, 3.63) is 35.7 Å². The summed E-state index contributed by atoms with van der Waals surface area (Å²) in [5.41, 5.74) is 0.469. The van der Waals surface area contributed by atoms with Crippen molar-refractivity contribution in [1.29, 1.82) is 0 Å². The molecule has 1 aromatic rings. The molecule has 0 aliphatic heterocycles. The maximum atomic E-state index is 13.3. The Labute approximate surface area is 106 Å². The van der Waals surface area contributed by atoms with Crippen LogP contribution in [0.5, 0.6) is 5.75 Å². The zero-order chi connectivity index (χ0) is 13.5. The van der Waals surface area contributed by atoms with Crippen LogP contribution in [0.1, 0.15) is 25.8 Å². The molecular weight excluding hydrogens is 235 g/mol. The van der Waals surface area contributed by atoms with Crippen LogP contribution in [0.15, 0.2) is 24.3 Å². The molecule has 3 nitrogen and oxygen atoms in total. The van der Waals surface area contributed by atoms with Crippen molar-refractivity contribution in [2.45, 2.75) is 20.3 Å². The van der Waals surface area contributed by atoms with Gasteiger partial charge in [-0.25, -0.2) is 9.18 Å². The van der Waals surface area contributed by atoms with Crippen LogP contribution in [0.25, 0.3) is 6.08 Å². The van der Waals surface area contributed by atoms with Crippen LogP contribution in [0.2, 0.25) is 0 Å². The predicted octanol–water partition coefficient (Wildman–Crippen LogP) is 3.35. The molecule has 1 N–H and O–H groups in total. The second kappa shape index (κ2) is 6.79. The molecule has 1 atom stereocenters. The number of carboxylic acid groups (broad SMARTS) is 1. The molecule has 1 aromatic carbocycles. The number of halogens is 1. The highest BCUT2D eigenvalue weighted by atomic mass is 19.1. The minimum Gasteiger partial charge on any atom is -0.493 e. The van der Waals surface area contributed by atoms with Crippen LogP contribution in [0.4, 0.5) is 4.39 Å². The van der Waals surface area contributed by atoms with Crippen molar-refractivity contribution in [3.8, 4) is 5.75 Å². The van der Waals surface area contributed by atoms with Gasteiger partial charge >= 0.3 is 5.97 Å². The van der Waals surface area contributed by atoms with Crippen LogP contribution >= 0.6 is 0 Å². The number of rotatable bonds is 6. The molecule has 0 spiro atoms. The summed E-state index contributed by atoms with van der Waals surface area (Å²) in [6.07, 6.45) is 3.29. The molecule has 0 fully saturated rings. The molecule has 0 aliphatic carbocycles. The number of carbonyl (C=O) groups is 1.